The van der Waals surface area contributed by atoms with Crippen molar-refractivity contribution in [3.8, 4) is 0 Å². The molecule has 1 atom stereocenters. The van der Waals surface area contributed by atoms with Crippen LogP contribution in [0.4, 0.5) is 0 Å². The summed E-state index contributed by atoms with van der Waals surface area (Å²) in [5, 5.41) is 2.66. The minimum Gasteiger partial charge on any atom is -0.313 e. The zero-order valence-electron chi connectivity index (χ0n) is 12.0. The van der Waals surface area contributed by atoms with Crippen LogP contribution in [0.3, 0.4) is 0 Å². The largest absolute Gasteiger partial charge is 0.313 e. The van der Waals surface area contributed by atoms with E-state index >= 15 is 0 Å². The van der Waals surface area contributed by atoms with Crippen molar-refractivity contribution >= 4 is 10.0 Å². The lowest BCUT2D eigenvalue weighted by molar-refractivity contribution is 0.540. The average Bonchev–Trinajstić information content (AvgIpc) is 2.35. The monoisotopic (exact) mass is 285 g/mol. The van der Waals surface area contributed by atoms with E-state index in [0.29, 0.717) is 6.54 Å². The maximum Gasteiger partial charge on any atom is 0.215 e. The maximum atomic E-state index is 12.0. The highest BCUT2D eigenvalue weighted by molar-refractivity contribution is 7.90. The van der Waals surface area contributed by atoms with Gasteiger partial charge in [-0.15, -0.1) is 0 Å². The van der Waals surface area contributed by atoms with Crippen LogP contribution in [0.15, 0.2) is 18.3 Å². The lowest BCUT2D eigenvalue weighted by atomic mass is 10.2. The van der Waals surface area contributed by atoms with E-state index in [1.165, 1.54) is 0 Å². The maximum absolute atomic E-state index is 12.0. The summed E-state index contributed by atoms with van der Waals surface area (Å²) in [4.78, 5) is 4.14. The van der Waals surface area contributed by atoms with E-state index < -0.39 is 15.3 Å². The first kappa shape index (κ1) is 16.1. The van der Waals surface area contributed by atoms with Gasteiger partial charge in [0.05, 0.1) is 5.25 Å². The zero-order chi connectivity index (χ0) is 14.5. The Kier molecular flexibility index (Phi) is 5.90. The Hall–Kier alpha value is -0.980. The summed E-state index contributed by atoms with van der Waals surface area (Å²) in [5.74, 6) is 0. The molecule has 0 saturated carbocycles. The van der Waals surface area contributed by atoms with Crippen molar-refractivity contribution in [1.82, 2.24) is 15.0 Å². The van der Waals surface area contributed by atoms with Gasteiger partial charge in [-0.05, 0) is 25.5 Å². The summed E-state index contributed by atoms with van der Waals surface area (Å²) in [6.45, 7) is 8.30. The van der Waals surface area contributed by atoms with E-state index in [9.17, 15) is 8.42 Å². The Bertz CT molecular complexity index is 483. The Morgan fingerprint density at radius 3 is 2.47 bits per heavy atom. The highest BCUT2D eigenvalue weighted by Crippen LogP contribution is 2.03. The lowest BCUT2D eigenvalue weighted by Crippen LogP contribution is -2.40. The first-order valence-corrected chi connectivity index (χ1v) is 7.99. The number of pyridine rings is 1. The fraction of sp³-hybridized carbons (Fsp3) is 0.615. The van der Waals surface area contributed by atoms with Crippen molar-refractivity contribution in [1.29, 1.82) is 0 Å². The van der Waals surface area contributed by atoms with E-state index in [2.05, 4.69) is 15.0 Å². The van der Waals surface area contributed by atoms with Gasteiger partial charge in [0.1, 0.15) is 0 Å². The molecule has 6 heteroatoms. The molecular weight excluding hydrogens is 262 g/mol. The van der Waals surface area contributed by atoms with Crippen molar-refractivity contribution in [2.45, 2.75) is 45.5 Å². The Balaban J connectivity index is 2.52. The minimum absolute atomic E-state index is 0.277. The molecule has 1 aromatic rings. The molecule has 5 nitrogen and oxygen atoms in total. The third-order valence-corrected chi connectivity index (χ3v) is 4.57. The summed E-state index contributed by atoms with van der Waals surface area (Å²) >= 11 is 0. The van der Waals surface area contributed by atoms with Crippen LogP contribution in [0.2, 0.25) is 0 Å². The van der Waals surface area contributed by atoms with Gasteiger partial charge < -0.3 is 5.32 Å². The van der Waals surface area contributed by atoms with Gasteiger partial charge in [0.25, 0.3) is 0 Å². The predicted octanol–water partition coefficient (Wildman–Crippen LogP) is 1.20. The van der Waals surface area contributed by atoms with Crippen LogP contribution in [0.25, 0.3) is 0 Å². The van der Waals surface area contributed by atoms with Gasteiger partial charge in [-0.1, -0.05) is 19.9 Å². The number of rotatable bonds is 7. The quantitative estimate of drug-likeness (QED) is 0.789. The van der Waals surface area contributed by atoms with Gasteiger partial charge in [-0.25, -0.2) is 13.1 Å². The SMILES string of the molecule is Cc1ccc(CNS(=O)(=O)C(C)CNC(C)C)cn1. The molecule has 2 N–H and O–H groups in total. The number of aryl methyl sites for hydroxylation is 1. The molecule has 0 aliphatic heterocycles. The van der Waals surface area contributed by atoms with Crippen molar-refractivity contribution in [3.63, 3.8) is 0 Å². The van der Waals surface area contributed by atoms with Crippen LogP contribution >= 0.6 is 0 Å². The number of hydrogen-bond donors (Lipinski definition) is 2. The van der Waals surface area contributed by atoms with E-state index in [-0.39, 0.29) is 12.6 Å². The summed E-state index contributed by atoms with van der Waals surface area (Å²) in [6, 6.07) is 4.02. The first-order valence-electron chi connectivity index (χ1n) is 6.44. The molecule has 1 rings (SSSR count). The number of sulfonamides is 1. The van der Waals surface area contributed by atoms with Crippen molar-refractivity contribution in [2.24, 2.45) is 0 Å². The smallest absolute Gasteiger partial charge is 0.215 e. The molecule has 1 heterocycles. The second-order valence-electron chi connectivity index (χ2n) is 5.05. The Morgan fingerprint density at radius 2 is 1.95 bits per heavy atom. The van der Waals surface area contributed by atoms with Crippen LogP contribution in [-0.2, 0) is 16.6 Å². The molecule has 19 heavy (non-hydrogen) atoms. The lowest BCUT2D eigenvalue weighted by Gasteiger charge is -2.16. The van der Waals surface area contributed by atoms with Gasteiger partial charge in [-0.2, -0.15) is 0 Å². The van der Waals surface area contributed by atoms with E-state index in [4.69, 9.17) is 0 Å². The van der Waals surface area contributed by atoms with E-state index in [1.54, 1.807) is 13.1 Å². The van der Waals surface area contributed by atoms with Crippen LogP contribution < -0.4 is 10.0 Å². The Morgan fingerprint density at radius 1 is 1.26 bits per heavy atom. The minimum atomic E-state index is -3.30. The molecule has 0 bridgehead atoms. The number of hydrogen-bond acceptors (Lipinski definition) is 4. The highest BCUT2D eigenvalue weighted by Gasteiger charge is 2.20. The molecule has 1 unspecified atom stereocenters. The second-order valence-corrected chi connectivity index (χ2v) is 7.23. The van der Waals surface area contributed by atoms with Crippen molar-refractivity contribution in [3.05, 3.63) is 29.6 Å². The molecule has 0 amide bonds. The molecule has 0 aliphatic rings. The molecule has 0 saturated heterocycles. The molecule has 0 spiro atoms. The molecule has 0 aromatic carbocycles. The van der Waals surface area contributed by atoms with Crippen molar-refractivity contribution in [2.75, 3.05) is 6.54 Å². The summed E-state index contributed by atoms with van der Waals surface area (Å²) < 4.78 is 26.6. The van der Waals surface area contributed by atoms with Gasteiger partial charge in [0, 0.05) is 31.0 Å². The highest BCUT2D eigenvalue weighted by atomic mass is 32.2. The van der Waals surface area contributed by atoms with Crippen LogP contribution in [0.5, 0.6) is 0 Å². The molecule has 108 valence electrons. The molecular formula is C13H23N3O2S. The second kappa shape index (κ2) is 6.98. The molecule has 1 aromatic heterocycles. The van der Waals surface area contributed by atoms with Crippen LogP contribution in [-0.4, -0.2) is 31.2 Å². The van der Waals surface area contributed by atoms with Crippen LogP contribution in [0, 0.1) is 6.92 Å². The number of nitrogens with one attached hydrogen (secondary N) is 2. The first-order chi connectivity index (χ1) is 8.81. The standard InChI is InChI=1S/C13H23N3O2S/c1-10(2)14-7-12(4)19(17,18)16-9-13-6-5-11(3)15-8-13/h5-6,8,10,12,14,16H,7,9H2,1-4H3. The fourth-order valence-electron chi connectivity index (χ4n) is 1.44. The topological polar surface area (TPSA) is 71.1 Å². The van der Waals surface area contributed by atoms with E-state index in [0.717, 1.165) is 11.3 Å². The number of nitrogens with zero attached hydrogens (tertiary/aromatic N) is 1. The fourth-order valence-corrected chi connectivity index (χ4v) is 2.41. The summed E-state index contributed by atoms with van der Waals surface area (Å²) in [7, 11) is -3.30. The van der Waals surface area contributed by atoms with Crippen LogP contribution in [0.1, 0.15) is 32.0 Å². The zero-order valence-corrected chi connectivity index (χ0v) is 12.8. The summed E-state index contributed by atoms with van der Waals surface area (Å²) in [5.41, 5.74) is 1.78. The molecule has 0 aliphatic carbocycles. The normalized spacial score (nSPS) is 13.7. The third kappa shape index (κ3) is 5.67. The van der Waals surface area contributed by atoms with Gasteiger partial charge in [0.2, 0.25) is 10.0 Å². The number of aromatic nitrogens is 1. The van der Waals surface area contributed by atoms with Crippen molar-refractivity contribution < 1.29 is 8.42 Å². The molecule has 0 radical (unpaired) electrons. The summed E-state index contributed by atoms with van der Waals surface area (Å²) in [6.07, 6.45) is 1.69. The molecule has 0 fully saturated rings. The Labute approximate surface area is 115 Å². The van der Waals surface area contributed by atoms with E-state index in [1.807, 2.05) is 32.9 Å². The van der Waals surface area contributed by atoms with Gasteiger partial charge >= 0.3 is 0 Å². The average molecular weight is 285 g/mol. The predicted molar refractivity (Wildman–Crippen MR) is 77.3 cm³/mol. The van der Waals surface area contributed by atoms with Gasteiger partial charge in [-0.3, -0.25) is 4.98 Å². The third-order valence-electron chi connectivity index (χ3n) is 2.79. The van der Waals surface area contributed by atoms with Gasteiger partial charge in [0.15, 0.2) is 0 Å².